The molecule has 1 aromatic rings. The van der Waals surface area contributed by atoms with Crippen LogP contribution in [0, 0.1) is 0 Å². The van der Waals surface area contributed by atoms with Gasteiger partial charge in [0, 0.05) is 19.7 Å². The zero-order valence-electron chi connectivity index (χ0n) is 13.2. The number of nitrogens with one attached hydrogen (secondary N) is 2. The second kappa shape index (κ2) is 8.48. The molecule has 0 spiro atoms. The summed E-state index contributed by atoms with van der Waals surface area (Å²) in [5, 5.41) is 3.35. The zero-order chi connectivity index (χ0) is 15.9. The lowest BCUT2D eigenvalue weighted by atomic mass is 10.1. The van der Waals surface area contributed by atoms with Crippen molar-refractivity contribution in [2.45, 2.75) is 44.2 Å². The van der Waals surface area contributed by atoms with Gasteiger partial charge in [0.05, 0.1) is 11.0 Å². The fourth-order valence-corrected chi connectivity index (χ4v) is 2.99. The van der Waals surface area contributed by atoms with Gasteiger partial charge >= 0.3 is 0 Å². The smallest absolute Gasteiger partial charge is 0.240 e. The Kier molecular flexibility index (Phi) is 7.31. The van der Waals surface area contributed by atoms with Crippen LogP contribution in [0.1, 0.15) is 38.8 Å². The highest BCUT2D eigenvalue weighted by atomic mass is 32.2. The van der Waals surface area contributed by atoms with Gasteiger partial charge in [0.25, 0.3) is 0 Å². The van der Waals surface area contributed by atoms with Crippen molar-refractivity contribution in [2.24, 2.45) is 0 Å². The summed E-state index contributed by atoms with van der Waals surface area (Å²) in [6, 6.07) is 7.15. The summed E-state index contributed by atoms with van der Waals surface area (Å²) in [5.74, 6) is 0. The third kappa shape index (κ3) is 5.74. The minimum Gasteiger partial charge on any atom is -0.380 e. The van der Waals surface area contributed by atoms with Gasteiger partial charge in [-0.15, -0.1) is 0 Å². The van der Waals surface area contributed by atoms with Crippen LogP contribution < -0.4 is 10.0 Å². The first kappa shape index (κ1) is 18.1. The minimum atomic E-state index is -3.50. The van der Waals surface area contributed by atoms with Crippen LogP contribution >= 0.6 is 0 Å². The van der Waals surface area contributed by atoms with Gasteiger partial charge in [0.2, 0.25) is 10.0 Å². The molecule has 1 aromatic carbocycles. The van der Waals surface area contributed by atoms with E-state index >= 15 is 0 Å². The molecule has 0 aliphatic carbocycles. The Morgan fingerprint density at radius 1 is 1.29 bits per heavy atom. The molecule has 0 fully saturated rings. The van der Waals surface area contributed by atoms with E-state index in [0.29, 0.717) is 0 Å². The van der Waals surface area contributed by atoms with Crippen molar-refractivity contribution >= 4 is 10.0 Å². The lowest BCUT2D eigenvalue weighted by molar-refractivity contribution is 0.122. The predicted octanol–water partition coefficient (Wildman–Crippen LogP) is 2.06. The number of benzene rings is 1. The Morgan fingerprint density at radius 3 is 2.62 bits per heavy atom. The van der Waals surface area contributed by atoms with Crippen molar-refractivity contribution < 1.29 is 13.2 Å². The number of methoxy groups -OCH3 is 1. The molecule has 1 rings (SSSR count). The fraction of sp³-hybridized carbons (Fsp3) is 0.600. The molecule has 0 saturated heterocycles. The van der Waals surface area contributed by atoms with Crippen molar-refractivity contribution in [1.82, 2.24) is 10.0 Å². The first-order valence-corrected chi connectivity index (χ1v) is 8.74. The van der Waals surface area contributed by atoms with E-state index < -0.39 is 10.0 Å². The molecule has 6 heteroatoms. The summed E-state index contributed by atoms with van der Waals surface area (Å²) in [5.41, 5.74) is 0.964. The van der Waals surface area contributed by atoms with Gasteiger partial charge in [0.1, 0.15) is 0 Å². The molecule has 0 aliphatic heterocycles. The molecule has 0 aliphatic rings. The maximum Gasteiger partial charge on any atom is 0.240 e. The maximum atomic E-state index is 12.3. The Hall–Kier alpha value is -0.950. The average Bonchev–Trinajstić information content (AvgIpc) is 2.50. The van der Waals surface area contributed by atoms with Gasteiger partial charge in [0.15, 0.2) is 0 Å². The lowest BCUT2D eigenvalue weighted by Crippen LogP contribution is -2.31. The Morgan fingerprint density at radius 2 is 2.00 bits per heavy atom. The topological polar surface area (TPSA) is 67.4 Å². The van der Waals surface area contributed by atoms with E-state index in [-0.39, 0.29) is 23.6 Å². The van der Waals surface area contributed by atoms with Crippen LogP contribution in [-0.4, -0.2) is 34.7 Å². The summed E-state index contributed by atoms with van der Waals surface area (Å²) in [6.45, 7) is 7.10. The molecular weight excluding hydrogens is 288 g/mol. The number of hydrogen-bond donors (Lipinski definition) is 2. The summed E-state index contributed by atoms with van der Waals surface area (Å²) in [4.78, 5) is 0.286. The van der Waals surface area contributed by atoms with E-state index in [0.717, 1.165) is 18.5 Å². The Bertz CT molecular complexity index is 531. The Labute approximate surface area is 128 Å². The summed E-state index contributed by atoms with van der Waals surface area (Å²) in [6.07, 6.45) is 0.881. The van der Waals surface area contributed by atoms with Gasteiger partial charge in [-0.25, -0.2) is 13.1 Å². The van der Waals surface area contributed by atoms with E-state index in [1.165, 1.54) is 0 Å². The van der Waals surface area contributed by atoms with Crippen LogP contribution in [0.15, 0.2) is 29.2 Å². The lowest BCUT2D eigenvalue weighted by Gasteiger charge is -2.15. The fourth-order valence-electron chi connectivity index (χ4n) is 1.82. The van der Waals surface area contributed by atoms with E-state index in [1.54, 1.807) is 25.3 Å². The van der Waals surface area contributed by atoms with Crippen molar-refractivity contribution in [3.05, 3.63) is 29.8 Å². The van der Waals surface area contributed by atoms with Crippen LogP contribution in [0.2, 0.25) is 0 Å². The molecule has 2 unspecified atom stereocenters. The van der Waals surface area contributed by atoms with Crippen LogP contribution in [0.3, 0.4) is 0 Å². The minimum absolute atomic E-state index is 0.123. The first-order chi connectivity index (χ1) is 9.90. The van der Waals surface area contributed by atoms with Gasteiger partial charge in [-0.3, -0.25) is 0 Å². The van der Waals surface area contributed by atoms with Gasteiger partial charge in [-0.1, -0.05) is 19.1 Å². The molecule has 0 saturated carbocycles. The highest BCUT2D eigenvalue weighted by molar-refractivity contribution is 7.89. The standard InChI is InChI=1S/C15H26N2O3S/c1-5-9-16-13(3)14-7-6-8-15(10-14)21(18,19)17-11-12(2)20-4/h6-8,10,12-13,16-17H,5,9,11H2,1-4H3. The normalized spacial score (nSPS) is 14.9. The third-order valence-corrected chi connectivity index (χ3v) is 4.75. The molecule has 21 heavy (non-hydrogen) atoms. The van der Waals surface area contributed by atoms with Crippen LogP contribution in [-0.2, 0) is 14.8 Å². The number of rotatable bonds is 9. The predicted molar refractivity (Wildman–Crippen MR) is 84.8 cm³/mol. The molecule has 2 N–H and O–H groups in total. The quantitative estimate of drug-likeness (QED) is 0.732. The highest BCUT2D eigenvalue weighted by Gasteiger charge is 2.16. The summed E-state index contributed by atoms with van der Waals surface area (Å²) < 4.78 is 32.1. The molecule has 0 bridgehead atoms. The molecule has 120 valence electrons. The molecule has 0 heterocycles. The first-order valence-electron chi connectivity index (χ1n) is 7.26. The van der Waals surface area contributed by atoms with Gasteiger partial charge < -0.3 is 10.1 Å². The molecule has 0 aromatic heterocycles. The van der Waals surface area contributed by atoms with Gasteiger partial charge in [-0.2, -0.15) is 0 Å². The van der Waals surface area contributed by atoms with E-state index in [2.05, 4.69) is 17.0 Å². The second-order valence-electron chi connectivity index (χ2n) is 5.15. The van der Waals surface area contributed by atoms with Crippen LogP contribution in [0.25, 0.3) is 0 Å². The van der Waals surface area contributed by atoms with Crippen molar-refractivity contribution in [1.29, 1.82) is 0 Å². The molecule has 0 amide bonds. The number of hydrogen-bond acceptors (Lipinski definition) is 4. The molecular formula is C15H26N2O3S. The van der Waals surface area contributed by atoms with Crippen LogP contribution in [0.5, 0.6) is 0 Å². The third-order valence-electron chi connectivity index (χ3n) is 3.33. The average molecular weight is 314 g/mol. The second-order valence-corrected chi connectivity index (χ2v) is 6.91. The Balaban J connectivity index is 2.83. The highest BCUT2D eigenvalue weighted by Crippen LogP contribution is 2.17. The van der Waals surface area contributed by atoms with Crippen LogP contribution in [0.4, 0.5) is 0 Å². The van der Waals surface area contributed by atoms with E-state index in [4.69, 9.17) is 4.74 Å². The summed E-state index contributed by atoms with van der Waals surface area (Å²) >= 11 is 0. The SMILES string of the molecule is CCCNC(C)c1cccc(S(=O)(=O)NCC(C)OC)c1. The monoisotopic (exact) mass is 314 g/mol. The summed E-state index contributed by atoms with van der Waals surface area (Å²) in [7, 11) is -1.94. The molecule has 2 atom stereocenters. The van der Waals surface area contributed by atoms with Gasteiger partial charge in [-0.05, 0) is 44.5 Å². The van der Waals surface area contributed by atoms with Crippen molar-refractivity contribution in [2.75, 3.05) is 20.2 Å². The largest absolute Gasteiger partial charge is 0.380 e. The van der Waals surface area contributed by atoms with Crippen molar-refractivity contribution in [3.8, 4) is 0 Å². The number of sulfonamides is 1. The van der Waals surface area contributed by atoms with E-state index in [1.807, 2.05) is 19.9 Å². The maximum absolute atomic E-state index is 12.3. The van der Waals surface area contributed by atoms with E-state index in [9.17, 15) is 8.42 Å². The molecule has 5 nitrogen and oxygen atoms in total. The van der Waals surface area contributed by atoms with Crippen molar-refractivity contribution in [3.63, 3.8) is 0 Å². The zero-order valence-corrected chi connectivity index (χ0v) is 14.0. The number of ether oxygens (including phenoxy) is 1. The molecule has 0 radical (unpaired) electrons.